The van der Waals surface area contributed by atoms with Gasteiger partial charge in [0.2, 0.25) is 0 Å². The van der Waals surface area contributed by atoms with Crippen molar-refractivity contribution in [3.05, 3.63) is 59.7 Å². The molecule has 164 valence electrons. The van der Waals surface area contributed by atoms with E-state index in [4.69, 9.17) is 9.97 Å². The van der Waals surface area contributed by atoms with Crippen LogP contribution < -0.4 is 5.32 Å². The van der Waals surface area contributed by atoms with E-state index in [1.807, 2.05) is 6.20 Å². The molecule has 1 aliphatic carbocycles. The highest BCUT2D eigenvalue weighted by Gasteiger charge is 2.25. The monoisotopic (exact) mass is 418 g/mol. The van der Waals surface area contributed by atoms with Gasteiger partial charge in [0, 0.05) is 32.0 Å². The van der Waals surface area contributed by atoms with Crippen LogP contribution in [0.3, 0.4) is 0 Å². The standard InChI is InChI=1S/C25H34N6/c1-29(22-10-5-8-20-9-7-13-27-25(20)22)18-21-19-31-23(11-6-12-24(31)28-21)26-14-17-30-15-3-2-4-16-30/h6-7,9,11-13,19,22,26H,2-5,8,10,14-18H2,1H3/t22-/m0/s1. The minimum Gasteiger partial charge on any atom is -0.370 e. The highest BCUT2D eigenvalue weighted by atomic mass is 15.2. The highest BCUT2D eigenvalue weighted by molar-refractivity contribution is 5.51. The van der Waals surface area contributed by atoms with Crippen molar-refractivity contribution in [2.75, 3.05) is 38.5 Å². The van der Waals surface area contributed by atoms with Crippen LogP contribution in [0.25, 0.3) is 5.65 Å². The average Bonchev–Trinajstić information content (AvgIpc) is 3.22. The first kappa shape index (κ1) is 20.5. The van der Waals surface area contributed by atoms with Crippen molar-refractivity contribution in [3.63, 3.8) is 0 Å². The van der Waals surface area contributed by atoms with Crippen molar-refractivity contribution in [2.24, 2.45) is 0 Å². The molecule has 1 atom stereocenters. The Hall–Kier alpha value is -2.44. The van der Waals surface area contributed by atoms with Gasteiger partial charge >= 0.3 is 0 Å². The smallest absolute Gasteiger partial charge is 0.138 e. The number of nitrogens with zero attached hydrogens (tertiary/aromatic N) is 5. The normalized spacial score (nSPS) is 19.6. The number of piperidine rings is 1. The summed E-state index contributed by atoms with van der Waals surface area (Å²) in [6.07, 6.45) is 11.7. The molecule has 6 heteroatoms. The van der Waals surface area contributed by atoms with Crippen molar-refractivity contribution >= 4 is 11.5 Å². The van der Waals surface area contributed by atoms with Crippen molar-refractivity contribution in [1.82, 2.24) is 24.2 Å². The van der Waals surface area contributed by atoms with Gasteiger partial charge < -0.3 is 10.2 Å². The van der Waals surface area contributed by atoms with Crippen LogP contribution in [-0.2, 0) is 13.0 Å². The third-order valence-electron chi connectivity index (χ3n) is 6.83. The van der Waals surface area contributed by atoms with Crippen molar-refractivity contribution < 1.29 is 0 Å². The molecule has 31 heavy (non-hydrogen) atoms. The summed E-state index contributed by atoms with van der Waals surface area (Å²) in [5.74, 6) is 1.13. The van der Waals surface area contributed by atoms with E-state index in [0.717, 1.165) is 49.6 Å². The second-order valence-electron chi connectivity index (χ2n) is 9.07. The molecule has 0 bridgehead atoms. The summed E-state index contributed by atoms with van der Waals surface area (Å²) in [7, 11) is 2.20. The molecular formula is C25H34N6. The molecule has 0 radical (unpaired) electrons. The van der Waals surface area contributed by atoms with Crippen molar-refractivity contribution in [2.45, 2.75) is 51.1 Å². The molecule has 6 nitrogen and oxygen atoms in total. The Labute approximate surface area is 185 Å². The average molecular weight is 419 g/mol. The molecule has 1 N–H and O–H groups in total. The quantitative estimate of drug-likeness (QED) is 0.625. The van der Waals surface area contributed by atoms with E-state index in [0.29, 0.717) is 6.04 Å². The fourth-order valence-electron chi connectivity index (χ4n) is 5.19. The number of fused-ring (bicyclic) bond motifs is 2. The van der Waals surface area contributed by atoms with Crippen molar-refractivity contribution in [3.8, 4) is 0 Å². The maximum atomic E-state index is 4.91. The molecule has 3 aromatic rings. The first-order chi connectivity index (χ1) is 15.3. The predicted molar refractivity (Wildman–Crippen MR) is 125 cm³/mol. The Bertz CT molecular complexity index is 1010. The second kappa shape index (κ2) is 9.37. The molecule has 1 fully saturated rings. The second-order valence-corrected chi connectivity index (χ2v) is 9.07. The van der Waals surface area contributed by atoms with Crippen LogP contribution in [0, 0.1) is 0 Å². The number of anilines is 1. The summed E-state index contributed by atoms with van der Waals surface area (Å²) in [6, 6.07) is 11.0. The number of imidazole rings is 1. The minimum atomic E-state index is 0.372. The fraction of sp³-hybridized carbons (Fsp3) is 0.520. The molecule has 0 aromatic carbocycles. The van der Waals surface area contributed by atoms with Crippen LogP contribution >= 0.6 is 0 Å². The third kappa shape index (κ3) is 4.60. The Morgan fingerprint density at radius 3 is 2.90 bits per heavy atom. The highest BCUT2D eigenvalue weighted by Crippen LogP contribution is 2.32. The molecule has 4 heterocycles. The van der Waals surface area contributed by atoms with Crippen LogP contribution in [-0.4, -0.2) is 57.4 Å². The van der Waals surface area contributed by atoms with Gasteiger partial charge in [-0.25, -0.2) is 4.98 Å². The van der Waals surface area contributed by atoms with E-state index in [1.165, 1.54) is 50.0 Å². The van der Waals surface area contributed by atoms with Gasteiger partial charge in [0.1, 0.15) is 11.5 Å². The fourth-order valence-corrected chi connectivity index (χ4v) is 5.19. The molecule has 1 saturated heterocycles. The number of aryl methyl sites for hydroxylation is 1. The lowest BCUT2D eigenvalue weighted by Crippen LogP contribution is -2.33. The predicted octanol–water partition coefficient (Wildman–Crippen LogP) is 4.14. The summed E-state index contributed by atoms with van der Waals surface area (Å²) in [6.45, 7) is 5.39. The lowest BCUT2D eigenvalue weighted by atomic mass is 9.91. The number of hydrogen-bond acceptors (Lipinski definition) is 5. The summed E-state index contributed by atoms with van der Waals surface area (Å²) in [4.78, 5) is 14.6. The summed E-state index contributed by atoms with van der Waals surface area (Å²) in [5, 5.41) is 3.64. The van der Waals surface area contributed by atoms with E-state index in [2.05, 4.69) is 63.1 Å². The third-order valence-corrected chi connectivity index (χ3v) is 6.83. The van der Waals surface area contributed by atoms with Crippen LogP contribution in [0.5, 0.6) is 0 Å². The SMILES string of the molecule is CN(Cc1cn2c(NCCN3CCCCC3)cccc2n1)[C@H]1CCCc2cccnc21. The molecule has 0 saturated carbocycles. The zero-order valence-electron chi connectivity index (χ0n) is 18.6. The lowest BCUT2D eigenvalue weighted by Gasteiger charge is -2.31. The molecule has 1 aliphatic heterocycles. The number of aromatic nitrogens is 3. The number of likely N-dealkylation sites (tertiary alicyclic amines) is 1. The Balaban J connectivity index is 1.26. The van der Waals surface area contributed by atoms with Gasteiger partial charge in [-0.05, 0) is 76.0 Å². The van der Waals surface area contributed by atoms with Gasteiger partial charge in [-0.1, -0.05) is 18.6 Å². The van der Waals surface area contributed by atoms with E-state index in [1.54, 1.807) is 0 Å². The van der Waals surface area contributed by atoms with Crippen molar-refractivity contribution in [1.29, 1.82) is 0 Å². The molecular weight excluding hydrogens is 384 g/mol. The van der Waals surface area contributed by atoms with Gasteiger partial charge in [0.15, 0.2) is 0 Å². The van der Waals surface area contributed by atoms with E-state index in [9.17, 15) is 0 Å². The Morgan fingerprint density at radius 1 is 1.10 bits per heavy atom. The molecule has 2 aliphatic rings. The minimum absolute atomic E-state index is 0.372. The van der Waals surface area contributed by atoms with Crippen LogP contribution in [0.15, 0.2) is 42.7 Å². The number of nitrogens with one attached hydrogen (secondary N) is 1. The molecule has 0 spiro atoms. The largest absolute Gasteiger partial charge is 0.370 e. The van der Waals surface area contributed by atoms with Crippen LogP contribution in [0.1, 0.15) is 55.1 Å². The summed E-state index contributed by atoms with van der Waals surface area (Å²) in [5.41, 5.74) is 4.77. The lowest BCUT2D eigenvalue weighted by molar-refractivity contribution is 0.206. The molecule has 0 unspecified atom stereocenters. The van der Waals surface area contributed by atoms with E-state index in [-0.39, 0.29) is 0 Å². The van der Waals surface area contributed by atoms with E-state index >= 15 is 0 Å². The van der Waals surface area contributed by atoms with Gasteiger partial charge in [0.25, 0.3) is 0 Å². The summed E-state index contributed by atoms with van der Waals surface area (Å²) < 4.78 is 2.20. The van der Waals surface area contributed by atoms with Gasteiger partial charge in [0.05, 0.1) is 17.4 Å². The van der Waals surface area contributed by atoms with E-state index < -0.39 is 0 Å². The van der Waals surface area contributed by atoms with Crippen LogP contribution in [0.2, 0.25) is 0 Å². The van der Waals surface area contributed by atoms with Crippen LogP contribution in [0.4, 0.5) is 5.82 Å². The Morgan fingerprint density at radius 2 is 2.00 bits per heavy atom. The number of hydrogen-bond donors (Lipinski definition) is 1. The first-order valence-electron chi connectivity index (χ1n) is 11.9. The maximum Gasteiger partial charge on any atom is 0.138 e. The molecule has 5 rings (SSSR count). The van der Waals surface area contributed by atoms with Gasteiger partial charge in [-0.15, -0.1) is 0 Å². The molecule has 0 amide bonds. The number of rotatable bonds is 7. The maximum absolute atomic E-state index is 4.91. The zero-order valence-corrected chi connectivity index (χ0v) is 18.6. The Kier molecular flexibility index (Phi) is 6.18. The topological polar surface area (TPSA) is 48.7 Å². The zero-order chi connectivity index (χ0) is 21.0. The van der Waals surface area contributed by atoms with Gasteiger partial charge in [-0.2, -0.15) is 0 Å². The summed E-state index contributed by atoms with van der Waals surface area (Å²) >= 11 is 0. The number of pyridine rings is 2. The van der Waals surface area contributed by atoms with Gasteiger partial charge in [-0.3, -0.25) is 14.3 Å². The molecule has 3 aromatic heterocycles. The first-order valence-corrected chi connectivity index (χ1v) is 11.9.